The molecule has 0 atom stereocenters. The Morgan fingerprint density at radius 1 is 1.04 bits per heavy atom. The summed E-state index contributed by atoms with van der Waals surface area (Å²) in [5.74, 6) is 0.126. The first-order valence-electron chi connectivity index (χ1n) is 8.89. The average molecular weight is 348 g/mol. The fourth-order valence-electron chi connectivity index (χ4n) is 3.42. The van der Waals surface area contributed by atoms with Gasteiger partial charge in [0.1, 0.15) is 5.52 Å². The molecule has 0 radical (unpaired) electrons. The van der Waals surface area contributed by atoms with Crippen LogP contribution in [0.2, 0.25) is 0 Å². The molecule has 4 rings (SSSR count). The Hall–Kier alpha value is -3.02. The van der Waals surface area contributed by atoms with E-state index in [9.17, 15) is 9.59 Å². The fourth-order valence-corrected chi connectivity index (χ4v) is 3.42. The SMILES string of the molecule is O=C(CCCn1nnc2ccccc2c1=O)N1CCc2ccccc2C1. The molecule has 0 unspecified atom stereocenters. The first-order chi connectivity index (χ1) is 12.7. The predicted molar refractivity (Wildman–Crippen MR) is 98.6 cm³/mol. The number of benzene rings is 2. The number of hydrogen-bond donors (Lipinski definition) is 0. The van der Waals surface area contributed by atoms with E-state index in [-0.39, 0.29) is 11.5 Å². The van der Waals surface area contributed by atoms with E-state index in [1.54, 1.807) is 12.1 Å². The second-order valence-corrected chi connectivity index (χ2v) is 6.57. The van der Waals surface area contributed by atoms with Gasteiger partial charge in [0.15, 0.2) is 0 Å². The highest BCUT2D eigenvalue weighted by Gasteiger charge is 2.19. The van der Waals surface area contributed by atoms with Gasteiger partial charge in [0.05, 0.1) is 5.39 Å². The number of fused-ring (bicyclic) bond motifs is 2. The molecule has 2 aromatic carbocycles. The van der Waals surface area contributed by atoms with Crippen LogP contribution in [0.25, 0.3) is 10.9 Å². The number of nitrogens with zero attached hydrogens (tertiary/aromatic N) is 4. The van der Waals surface area contributed by atoms with Crippen LogP contribution in [0.15, 0.2) is 53.3 Å². The van der Waals surface area contributed by atoms with Crippen LogP contribution < -0.4 is 5.56 Å². The van der Waals surface area contributed by atoms with Gasteiger partial charge in [0.2, 0.25) is 5.91 Å². The van der Waals surface area contributed by atoms with E-state index in [1.807, 2.05) is 29.2 Å². The summed E-state index contributed by atoms with van der Waals surface area (Å²) in [5.41, 5.74) is 2.99. The van der Waals surface area contributed by atoms with Gasteiger partial charge in [-0.25, -0.2) is 4.68 Å². The molecule has 1 aliphatic rings. The first-order valence-corrected chi connectivity index (χ1v) is 8.89. The minimum absolute atomic E-state index is 0.126. The molecule has 0 bridgehead atoms. The molecule has 0 saturated carbocycles. The van der Waals surface area contributed by atoms with Crippen molar-refractivity contribution in [3.8, 4) is 0 Å². The number of rotatable bonds is 4. The maximum absolute atomic E-state index is 12.5. The fraction of sp³-hybridized carbons (Fsp3) is 0.300. The van der Waals surface area contributed by atoms with Gasteiger partial charge in [-0.1, -0.05) is 41.6 Å². The lowest BCUT2D eigenvalue weighted by molar-refractivity contribution is -0.132. The number of aryl methyl sites for hydroxylation is 1. The summed E-state index contributed by atoms with van der Waals surface area (Å²) in [4.78, 5) is 26.8. The highest BCUT2D eigenvalue weighted by atomic mass is 16.2. The standard InChI is InChI=1S/C20H20N4O2/c25-19(23-13-11-15-6-1-2-7-16(15)14-23)10-5-12-24-20(26)17-8-3-4-9-18(17)21-22-24/h1-4,6-9H,5,10-14H2. The molecule has 1 aliphatic heterocycles. The van der Waals surface area contributed by atoms with E-state index in [0.717, 1.165) is 13.0 Å². The maximum Gasteiger partial charge on any atom is 0.277 e. The highest BCUT2D eigenvalue weighted by Crippen LogP contribution is 2.19. The van der Waals surface area contributed by atoms with Crippen LogP contribution in [-0.4, -0.2) is 32.3 Å². The quantitative estimate of drug-likeness (QED) is 0.725. The molecule has 3 aromatic rings. The van der Waals surface area contributed by atoms with Gasteiger partial charge >= 0.3 is 0 Å². The third-order valence-electron chi connectivity index (χ3n) is 4.87. The third-order valence-corrected chi connectivity index (χ3v) is 4.87. The number of carbonyl (C=O) groups excluding carboxylic acids is 1. The largest absolute Gasteiger partial charge is 0.338 e. The predicted octanol–water partition coefficient (Wildman–Crippen LogP) is 2.16. The second kappa shape index (κ2) is 7.07. The van der Waals surface area contributed by atoms with Gasteiger partial charge in [-0.05, 0) is 36.1 Å². The van der Waals surface area contributed by atoms with Crippen molar-refractivity contribution in [2.75, 3.05) is 6.54 Å². The molecular weight excluding hydrogens is 328 g/mol. The van der Waals surface area contributed by atoms with Crippen LogP contribution in [0.3, 0.4) is 0 Å². The Kier molecular flexibility index (Phi) is 4.48. The van der Waals surface area contributed by atoms with Crippen molar-refractivity contribution in [1.82, 2.24) is 19.9 Å². The molecule has 0 fully saturated rings. The summed E-state index contributed by atoms with van der Waals surface area (Å²) in [5, 5.41) is 8.60. The molecule has 1 aromatic heterocycles. The van der Waals surface area contributed by atoms with E-state index in [4.69, 9.17) is 0 Å². The normalized spacial score (nSPS) is 13.6. The lowest BCUT2D eigenvalue weighted by atomic mass is 9.99. The maximum atomic E-state index is 12.5. The molecule has 1 amide bonds. The Labute approximate surface area is 151 Å². The van der Waals surface area contributed by atoms with Crippen molar-refractivity contribution in [1.29, 1.82) is 0 Å². The minimum atomic E-state index is -0.157. The van der Waals surface area contributed by atoms with Crippen molar-refractivity contribution in [3.63, 3.8) is 0 Å². The van der Waals surface area contributed by atoms with Crippen molar-refractivity contribution < 1.29 is 4.79 Å². The van der Waals surface area contributed by atoms with E-state index >= 15 is 0 Å². The average Bonchev–Trinajstić information content (AvgIpc) is 2.69. The zero-order valence-corrected chi connectivity index (χ0v) is 14.5. The summed E-state index contributed by atoms with van der Waals surface area (Å²) in [6, 6.07) is 15.4. The molecule has 2 heterocycles. The van der Waals surface area contributed by atoms with Crippen molar-refractivity contribution in [2.45, 2.75) is 32.4 Å². The van der Waals surface area contributed by atoms with Crippen LogP contribution in [0.1, 0.15) is 24.0 Å². The van der Waals surface area contributed by atoms with Crippen LogP contribution in [0.4, 0.5) is 0 Å². The summed E-state index contributed by atoms with van der Waals surface area (Å²) < 4.78 is 1.35. The molecule has 26 heavy (non-hydrogen) atoms. The smallest absolute Gasteiger partial charge is 0.277 e. The Morgan fingerprint density at radius 3 is 2.69 bits per heavy atom. The number of aromatic nitrogens is 3. The Balaban J connectivity index is 1.37. The van der Waals surface area contributed by atoms with E-state index in [1.165, 1.54) is 15.8 Å². The number of hydrogen-bond acceptors (Lipinski definition) is 4. The second-order valence-electron chi connectivity index (χ2n) is 6.57. The summed E-state index contributed by atoms with van der Waals surface area (Å²) in [7, 11) is 0. The lowest BCUT2D eigenvalue weighted by Crippen LogP contribution is -2.36. The highest BCUT2D eigenvalue weighted by molar-refractivity contribution is 5.77. The van der Waals surface area contributed by atoms with Crippen molar-refractivity contribution in [2.24, 2.45) is 0 Å². The first kappa shape index (κ1) is 16.4. The molecule has 6 heteroatoms. The van der Waals surface area contributed by atoms with Gasteiger partial charge in [-0.2, -0.15) is 0 Å². The van der Waals surface area contributed by atoms with Crippen LogP contribution in [-0.2, 0) is 24.3 Å². The molecule has 0 spiro atoms. The minimum Gasteiger partial charge on any atom is -0.338 e. The van der Waals surface area contributed by atoms with Gasteiger partial charge in [-0.3, -0.25) is 9.59 Å². The molecule has 0 aliphatic carbocycles. The molecule has 0 saturated heterocycles. The van der Waals surface area contributed by atoms with Crippen molar-refractivity contribution in [3.05, 3.63) is 70.0 Å². The van der Waals surface area contributed by atoms with Gasteiger partial charge in [0.25, 0.3) is 5.56 Å². The van der Waals surface area contributed by atoms with Crippen LogP contribution in [0, 0.1) is 0 Å². The van der Waals surface area contributed by atoms with Crippen LogP contribution in [0.5, 0.6) is 0 Å². The zero-order valence-electron chi connectivity index (χ0n) is 14.5. The van der Waals surface area contributed by atoms with Crippen molar-refractivity contribution >= 4 is 16.8 Å². The summed E-state index contributed by atoms with van der Waals surface area (Å²) >= 11 is 0. The van der Waals surface area contributed by atoms with Gasteiger partial charge < -0.3 is 4.90 Å². The van der Waals surface area contributed by atoms with E-state index < -0.39 is 0 Å². The monoisotopic (exact) mass is 348 g/mol. The topological polar surface area (TPSA) is 68.1 Å². The zero-order chi connectivity index (χ0) is 17.9. The number of carbonyl (C=O) groups is 1. The molecule has 0 N–H and O–H groups in total. The molecule has 132 valence electrons. The van der Waals surface area contributed by atoms with Gasteiger partial charge in [0, 0.05) is 26.1 Å². The third kappa shape index (κ3) is 3.22. The molecule has 6 nitrogen and oxygen atoms in total. The van der Waals surface area contributed by atoms with Gasteiger partial charge in [-0.15, -0.1) is 5.10 Å². The van der Waals surface area contributed by atoms with Crippen LogP contribution >= 0.6 is 0 Å². The summed E-state index contributed by atoms with van der Waals surface area (Å²) in [6.07, 6.45) is 1.88. The Morgan fingerprint density at radius 2 is 1.81 bits per heavy atom. The lowest BCUT2D eigenvalue weighted by Gasteiger charge is -2.29. The van der Waals surface area contributed by atoms with E-state index in [2.05, 4.69) is 22.4 Å². The molecular formula is C20H20N4O2. The van der Waals surface area contributed by atoms with E-state index in [0.29, 0.717) is 36.8 Å². The summed E-state index contributed by atoms with van der Waals surface area (Å²) in [6.45, 7) is 1.82. The Bertz CT molecular complexity index is 1010. The number of amides is 1.